The Labute approximate surface area is 171 Å². The second-order valence-corrected chi connectivity index (χ2v) is 8.49. The third-order valence-electron chi connectivity index (χ3n) is 3.99. The van der Waals surface area contributed by atoms with Gasteiger partial charge in [0.1, 0.15) is 0 Å². The first-order valence-corrected chi connectivity index (χ1v) is 10.1. The van der Waals surface area contributed by atoms with E-state index in [0.29, 0.717) is 5.69 Å². The molecule has 0 saturated carbocycles. The van der Waals surface area contributed by atoms with Gasteiger partial charge in [-0.15, -0.1) is 0 Å². The summed E-state index contributed by atoms with van der Waals surface area (Å²) in [6.07, 6.45) is -4.50. The van der Waals surface area contributed by atoms with Crippen LogP contribution in [0.2, 0.25) is 0 Å². The summed E-state index contributed by atoms with van der Waals surface area (Å²) in [4.78, 5) is 23.0. The van der Waals surface area contributed by atoms with Crippen LogP contribution in [0.1, 0.15) is 18.1 Å². The lowest BCUT2D eigenvalue weighted by atomic mass is 10.1. The molecule has 2 aromatic carbocycles. The van der Waals surface area contributed by atoms with Gasteiger partial charge in [0.2, 0.25) is 21.8 Å². The van der Waals surface area contributed by atoms with Crippen LogP contribution in [0.15, 0.2) is 53.4 Å². The van der Waals surface area contributed by atoms with Crippen molar-refractivity contribution in [3.8, 4) is 0 Å². The summed E-state index contributed by atoms with van der Waals surface area (Å²) in [7, 11) is -2.77. The van der Waals surface area contributed by atoms with Gasteiger partial charge in [-0.25, -0.2) is 8.42 Å². The van der Waals surface area contributed by atoms with Crippen molar-refractivity contribution in [1.29, 1.82) is 0 Å². The first-order valence-electron chi connectivity index (χ1n) is 8.66. The molecule has 0 bridgehead atoms. The molecular weight excluding hydrogens is 423 g/mol. The van der Waals surface area contributed by atoms with E-state index in [1.807, 2.05) is 0 Å². The average Bonchev–Trinajstić information content (AvgIpc) is 2.66. The lowest BCUT2D eigenvalue weighted by Gasteiger charge is -2.17. The van der Waals surface area contributed by atoms with Crippen molar-refractivity contribution in [3.63, 3.8) is 0 Å². The van der Waals surface area contributed by atoms with Gasteiger partial charge in [-0.05, 0) is 42.0 Å². The number of carbonyl (C=O) groups excluding carboxylic acids is 2. The number of halogens is 3. The van der Waals surface area contributed by atoms with E-state index in [1.165, 1.54) is 50.4 Å². The van der Waals surface area contributed by atoms with E-state index in [4.69, 9.17) is 0 Å². The van der Waals surface area contributed by atoms with E-state index in [1.54, 1.807) is 0 Å². The number of hydrogen-bond donors (Lipinski definition) is 2. The molecule has 2 N–H and O–H groups in total. The van der Waals surface area contributed by atoms with Crippen LogP contribution in [-0.4, -0.2) is 38.1 Å². The molecule has 0 fully saturated rings. The SMILES string of the molecule is CC(=O)Nc1ccc(S(=O)(=O)N(C)CC(=O)NCc2cccc(C(F)(F)F)c2)cc1. The Hall–Kier alpha value is -2.92. The average molecular weight is 443 g/mol. The van der Waals surface area contributed by atoms with E-state index in [2.05, 4.69) is 10.6 Å². The van der Waals surface area contributed by atoms with Crippen LogP contribution in [0.4, 0.5) is 18.9 Å². The van der Waals surface area contributed by atoms with Gasteiger partial charge in [0.25, 0.3) is 0 Å². The molecule has 0 atom stereocenters. The monoisotopic (exact) mass is 443 g/mol. The van der Waals surface area contributed by atoms with Gasteiger partial charge in [-0.2, -0.15) is 17.5 Å². The second kappa shape index (κ2) is 9.26. The molecule has 2 aromatic rings. The summed E-state index contributed by atoms with van der Waals surface area (Å²) in [6.45, 7) is 0.618. The largest absolute Gasteiger partial charge is 0.416 e. The Morgan fingerprint density at radius 3 is 2.27 bits per heavy atom. The minimum Gasteiger partial charge on any atom is -0.351 e. The molecule has 2 rings (SSSR count). The van der Waals surface area contributed by atoms with Crippen molar-refractivity contribution >= 4 is 27.5 Å². The molecular formula is C19H20F3N3O4S. The zero-order valence-electron chi connectivity index (χ0n) is 16.2. The smallest absolute Gasteiger partial charge is 0.351 e. The minimum atomic E-state index is -4.50. The van der Waals surface area contributed by atoms with E-state index in [0.717, 1.165) is 16.4 Å². The van der Waals surface area contributed by atoms with Gasteiger partial charge in [0.15, 0.2) is 0 Å². The van der Waals surface area contributed by atoms with Gasteiger partial charge in [-0.1, -0.05) is 12.1 Å². The Kier molecular flexibility index (Phi) is 7.21. The fourth-order valence-electron chi connectivity index (χ4n) is 2.49. The molecule has 0 aliphatic carbocycles. The van der Waals surface area contributed by atoms with Crippen LogP contribution in [0, 0.1) is 0 Å². The summed E-state index contributed by atoms with van der Waals surface area (Å²) >= 11 is 0. The molecule has 0 spiro atoms. The summed E-state index contributed by atoms with van der Waals surface area (Å²) in [5.41, 5.74) is -0.183. The quantitative estimate of drug-likeness (QED) is 0.688. The highest BCUT2D eigenvalue weighted by Gasteiger charge is 2.30. The summed E-state index contributed by atoms with van der Waals surface area (Å²) < 4.78 is 64.2. The Morgan fingerprint density at radius 1 is 1.07 bits per heavy atom. The van der Waals surface area contributed by atoms with Gasteiger partial charge >= 0.3 is 6.18 Å². The first-order chi connectivity index (χ1) is 13.9. The molecule has 0 aliphatic heterocycles. The second-order valence-electron chi connectivity index (χ2n) is 6.44. The molecule has 0 aliphatic rings. The zero-order chi connectivity index (χ0) is 22.5. The van der Waals surface area contributed by atoms with Gasteiger partial charge in [-0.3, -0.25) is 9.59 Å². The van der Waals surface area contributed by atoms with Crippen molar-refractivity contribution in [3.05, 3.63) is 59.7 Å². The van der Waals surface area contributed by atoms with E-state index in [-0.39, 0.29) is 22.9 Å². The molecule has 0 aromatic heterocycles. The molecule has 30 heavy (non-hydrogen) atoms. The molecule has 11 heteroatoms. The standard InChI is InChI=1S/C19H20F3N3O4S/c1-13(26)24-16-6-8-17(9-7-16)30(28,29)25(2)12-18(27)23-11-14-4-3-5-15(10-14)19(20,21)22/h3-10H,11-12H2,1-2H3,(H,23,27)(H,24,26). The van der Waals surface area contributed by atoms with Gasteiger partial charge in [0, 0.05) is 26.2 Å². The van der Waals surface area contributed by atoms with Crippen LogP contribution in [0.5, 0.6) is 0 Å². The Morgan fingerprint density at radius 2 is 1.70 bits per heavy atom. The number of nitrogens with one attached hydrogen (secondary N) is 2. The van der Waals surface area contributed by atoms with Crippen molar-refractivity contribution in [1.82, 2.24) is 9.62 Å². The summed E-state index contributed by atoms with van der Waals surface area (Å²) in [5, 5.41) is 4.91. The number of benzene rings is 2. The third kappa shape index (κ3) is 6.29. The van der Waals surface area contributed by atoms with Gasteiger partial charge in [0.05, 0.1) is 17.0 Å². The molecule has 7 nitrogen and oxygen atoms in total. The van der Waals surface area contributed by atoms with Crippen LogP contribution in [0.25, 0.3) is 0 Å². The number of hydrogen-bond acceptors (Lipinski definition) is 4. The highest BCUT2D eigenvalue weighted by atomic mass is 32.2. The number of amides is 2. The fraction of sp³-hybridized carbons (Fsp3) is 0.263. The third-order valence-corrected chi connectivity index (χ3v) is 5.81. The maximum atomic E-state index is 12.7. The molecule has 0 radical (unpaired) electrons. The van der Waals surface area contributed by atoms with Gasteiger partial charge < -0.3 is 10.6 Å². The zero-order valence-corrected chi connectivity index (χ0v) is 17.0. The van der Waals surface area contributed by atoms with Crippen molar-refractivity contribution in [2.24, 2.45) is 0 Å². The molecule has 0 saturated heterocycles. The number of carbonyl (C=O) groups is 2. The maximum Gasteiger partial charge on any atom is 0.416 e. The highest BCUT2D eigenvalue weighted by Crippen LogP contribution is 2.29. The van der Waals surface area contributed by atoms with Crippen LogP contribution >= 0.6 is 0 Å². The van der Waals surface area contributed by atoms with E-state index < -0.39 is 34.2 Å². The van der Waals surface area contributed by atoms with Crippen LogP contribution in [0.3, 0.4) is 0 Å². The number of likely N-dealkylation sites (N-methyl/N-ethyl adjacent to an activating group) is 1. The molecule has 0 heterocycles. The Balaban J connectivity index is 1.98. The topological polar surface area (TPSA) is 95.6 Å². The predicted molar refractivity (Wildman–Crippen MR) is 104 cm³/mol. The van der Waals surface area contributed by atoms with E-state index >= 15 is 0 Å². The van der Waals surface area contributed by atoms with Crippen molar-refractivity contribution in [2.75, 3.05) is 18.9 Å². The number of alkyl halides is 3. The number of nitrogens with zero attached hydrogens (tertiary/aromatic N) is 1. The maximum absolute atomic E-state index is 12.7. The van der Waals surface area contributed by atoms with Crippen LogP contribution < -0.4 is 10.6 Å². The lowest BCUT2D eigenvalue weighted by molar-refractivity contribution is -0.137. The molecule has 2 amide bonds. The summed E-state index contributed by atoms with van der Waals surface area (Å²) in [5.74, 6) is -0.978. The lowest BCUT2D eigenvalue weighted by Crippen LogP contribution is -2.38. The highest BCUT2D eigenvalue weighted by molar-refractivity contribution is 7.89. The number of anilines is 1. The first kappa shape index (κ1) is 23.4. The fourth-order valence-corrected chi connectivity index (χ4v) is 3.62. The summed E-state index contributed by atoms with van der Waals surface area (Å²) in [6, 6.07) is 9.89. The van der Waals surface area contributed by atoms with E-state index in [9.17, 15) is 31.2 Å². The molecule has 162 valence electrons. The molecule has 0 unspecified atom stereocenters. The number of sulfonamides is 1. The minimum absolute atomic E-state index is 0.0789. The predicted octanol–water partition coefficient (Wildman–Crippen LogP) is 2.60. The number of rotatable bonds is 7. The Bertz CT molecular complexity index is 1020. The van der Waals surface area contributed by atoms with Crippen molar-refractivity contribution < 1.29 is 31.2 Å². The normalized spacial score (nSPS) is 11.9. The van der Waals surface area contributed by atoms with Crippen LogP contribution in [-0.2, 0) is 32.3 Å². The van der Waals surface area contributed by atoms with Crippen molar-refractivity contribution in [2.45, 2.75) is 24.5 Å².